The van der Waals surface area contributed by atoms with Gasteiger partial charge in [0.15, 0.2) is 5.69 Å². The van der Waals surface area contributed by atoms with Crippen LogP contribution < -0.4 is 4.74 Å². The summed E-state index contributed by atoms with van der Waals surface area (Å²) in [6.45, 7) is 2.58. The average molecular weight is 544 g/mol. The number of aromatic carboxylic acids is 1. The minimum absolute atomic E-state index is 0.0177. The smallest absolute Gasteiger partial charge is 0.355 e. The largest absolute Gasteiger partial charge is 0.495 e. The molecule has 4 rings (SSSR count). The number of carbonyl (C=O) groups excluding carboxylic acids is 1. The summed E-state index contributed by atoms with van der Waals surface area (Å²) < 4.78 is 6.24. The van der Waals surface area contributed by atoms with Gasteiger partial charge in [-0.25, -0.2) is 9.78 Å². The van der Waals surface area contributed by atoms with Crippen molar-refractivity contribution in [2.45, 2.75) is 44.6 Å². The number of amides is 1. The maximum Gasteiger partial charge on any atom is 0.355 e. The van der Waals surface area contributed by atoms with E-state index in [1.165, 1.54) is 16.9 Å². The molecule has 1 aliphatic rings. The summed E-state index contributed by atoms with van der Waals surface area (Å²) in [5.41, 5.74) is 1.36. The summed E-state index contributed by atoms with van der Waals surface area (Å²) in [6.07, 6.45) is 4.73. The van der Waals surface area contributed by atoms with Gasteiger partial charge >= 0.3 is 5.97 Å². The van der Waals surface area contributed by atoms with Crippen molar-refractivity contribution in [3.63, 3.8) is 0 Å². The van der Waals surface area contributed by atoms with Crippen LogP contribution in [-0.4, -0.2) is 45.5 Å². The molecular weight excluding hydrogens is 518 g/mol. The van der Waals surface area contributed by atoms with Crippen LogP contribution in [0.5, 0.6) is 5.75 Å². The predicted octanol–water partition coefficient (Wildman–Crippen LogP) is 5.01. The van der Waals surface area contributed by atoms with Gasteiger partial charge in [-0.05, 0) is 62.4 Å². The minimum Gasteiger partial charge on any atom is -0.495 e. The van der Waals surface area contributed by atoms with Crippen LogP contribution in [0.25, 0.3) is 0 Å². The number of hydrogen-bond donors (Lipinski definition) is 1. The van der Waals surface area contributed by atoms with E-state index in [2.05, 4.69) is 38.0 Å². The highest BCUT2D eigenvalue weighted by Crippen LogP contribution is 2.49. The number of aromatic nitrogens is 2. The molecule has 2 aromatic heterocycles. The van der Waals surface area contributed by atoms with Crippen LogP contribution >= 0.6 is 27.3 Å². The van der Waals surface area contributed by atoms with Crippen LogP contribution in [0.2, 0.25) is 0 Å². The number of rotatable bonds is 10. The van der Waals surface area contributed by atoms with E-state index in [-0.39, 0.29) is 18.1 Å². The Kier molecular flexibility index (Phi) is 7.33. The van der Waals surface area contributed by atoms with Gasteiger partial charge in [-0.3, -0.25) is 9.78 Å². The maximum absolute atomic E-state index is 13.8. The molecule has 3 aromatic rings. The Morgan fingerprint density at radius 2 is 2.06 bits per heavy atom. The normalized spacial score (nSPS) is 14.0. The van der Waals surface area contributed by atoms with Crippen molar-refractivity contribution < 1.29 is 19.4 Å². The van der Waals surface area contributed by atoms with Crippen molar-refractivity contribution in [3.8, 4) is 5.75 Å². The molecule has 7 nitrogen and oxygen atoms in total. The second-order valence-corrected chi connectivity index (χ2v) is 10.6. The number of aryl methyl sites for hydroxylation is 2. The number of halogens is 1. The molecule has 1 amide bonds. The zero-order valence-corrected chi connectivity index (χ0v) is 21.5. The summed E-state index contributed by atoms with van der Waals surface area (Å²) >= 11 is 4.83. The Hall–Kier alpha value is -2.78. The molecule has 0 aliphatic heterocycles. The minimum atomic E-state index is -1.05. The molecule has 9 heteroatoms. The van der Waals surface area contributed by atoms with E-state index < -0.39 is 11.4 Å². The van der Waals surface area contributed by atoms with Gasteiger partial charge in [-0.2, -0.15) is 0 Å². The van der Waals surface area contributed by atoms with Crippen molar-refractivity contribution in [1.82, 2.24) is 14.9 Å². The highest BCUT2D eigenvalue weighted by atomic mass is 79.9. The number of carbonyl (C=O) groups is 2. The number of hydrogen-bond acceptors (Lipinski definition) is 6. The van der Waals surface area contributed by atoms with E-state index in [0.717, 1.165) is 35.8 Å². The van der Waals surface area contributed by atoms with Crippen LogP contribution in [0, 0.1) is 6.92 Å². The fraction of sp³-hybridized carbons (Fsp3) is 0.360. The Bertz CT molecular complexity index is 1190. The van der Waals surface area contributed by atoms with Gasteiger partial charge in [0.25, 0.3) is 0 Å². The standard InChI is InChI=1S/C25H26BrN3O4S/c1-16-22(23(30)31)28-21(34-16)15-29(12-4-6-17-5-3-7-18(26)13-17)24(32)25(10-11-25)20-9-8-19(33-2)14-27-20/h3,5,7-9,13-14H,4,6,10-12,15H2,1-2H3,(H,30,31). The zero-order chi connectivity index (χ0) is 24.3. The molecule has 1 fully saturated rings. The van der Waals surface area contributed by atoms with Crippen LogP contribution in [0.4, 0.5) is 0 Å². The molecule has 0 spiro atoms. The Balaban J connectivity index is 1.55. The van der Waals surface area contributed by atoms with E-state index >= 15 is 0 Å². The summed E-state index contributed by atoms with van der Waals surface area (Å²) in [5, 5.41) is 10.0. The quantitative estimate of drug-likeness (QED) is 0.386. The molecule has 1 aromatic carbocycles. The molecule has 0 radical (unpaired) electrons. The molecule has 0 saturated heterocycles. The molecular formula is C25H26BrN3O4S. The topological polar surface area (TPSA) is 92.6 Å². The van der Waals surface area contributed by atoms with E-state index in [1.807, 2.05) is 29.2 Å². The summed E-state index contributed by atoms with van der Waals surface area (Å²) in [7, 11) is 1.59. The first-order valence-corrected chi connectivity index (χ1v) is 12.7. The molecule has 1 saturated carbocycles. The molecule has 2 heterocycles. The third-order valence-electron chi connectivity index (χ3n) is 6.06. The van der Waals surface area contributed by atoms with Gasteiger partial charge < -0.3 is 14.7 Å². The van der Waals surface area contributed by atoms with Gasteiger partial charge in [0, 0.05) is 15.9 Å². The second-order valence-electron chi connectivity index (χ2n) is 8.44. The highest BCUT2D eigenvalue weighted by Gasteiger charge is 2.54. The first kappa shape index (κ1) is 24.3. The first-order chi connectivity index (χ1) is 16.3. The fourth-order valence-corrected chi connectivity index (χ4v) is 5.48. The van der Waals surface area contributed by atoms with Gasteiger partial charge in [0.05, 0.1) is 31.0 Å². The lowest BCUT2D eigenvalue weighted by Crippen LogP contribution is -2.40. The Labute approximate surface area is 210 Å². The number of ether oxygens (including phenoxy) is 1. The zero-order valence-electron chi connectivity index (χ0n) is 19.1. The Morgan fingerprint density at radius 1 is 1.26 bits per heavy atom. The molecule has 1 aliphatic carbocycles. The molecule has 1 N–H and O–H groups in total. The van der Waals surface area contributed by atoms with Crippen LogP contribution in [-0.2, 0) is 23.2 Å². The van der Waals surface area contributed by atoms with Gasteiger partial charge in [0.2, 0.25) is 5.91 Å². The van der Waals surface area contributed by atoms with E-state index in [1.54, 1.807) is 20.2 Å². The van der Waals surface area contributed by atoms with Crippen LogP contribution in [0.3, 0.4) is 0 Å². The van der Waals surface area contributed by atoms with Crippen molar-refractivity contribution in [3.05, 3.63) is 73.9 Å². The van der Waals surface area contributed by atoms with E-state index in [0.29, 0.717) is 22.2 Å². The third-order valence-corrected chi connectivity index (χ3v) is 7.51. The van der Waals surface area contributed by atoms with Crippen molar-refractivity contribution >= 4 is 39.1 Å². The number of carboxylic acids is 1. The van der Waals surface area contributed by atoms with Gasteiger partial charge in [-0.15, -0.1) is 11.3 Å². The van der Waals surface area contributed by atoms with Gasteiger partial charge in [0.1, 0.15) is 10.8 Å². The van der Waals surface area contributed by atoms with E-state index in [4.69, 9.17) is 4.74 Å². The lowest BCUT2D eigenvalue weighted by molar-refractivity contribution is -0.134. The molecule has 0 bridgehead atoms. The third kappa shape index (κ3) is 5.31. The monoisotopic (exact) mass is 543 g/mol. The van der Waals surface area contributed by atoms with Crippen molar-refractivity contribution in [1.29, 1.82) is 0 Å². The molecule has 178 valence electrons. The number of thiazole rings is 1. The predicted molar refractivity (Wildman–Crippen MR) is 133 cm³/mol. The maximum atomic E-state index is 13.8. The van der Waals surface area contributed by atoms with Crippen LogP contribution in [0.1, 0.15) is 50.9 Å². The second kappa shape index (κ2) is 10.2. The fourth-order valence-electron chi connectivity index (χ4n) is 4.09. The number of nitrogens with zero attached hydrogens (tertiary/aromatic N) is 3. The summed E-state index contributed by atoms with van der Waals surface area (Å²) in [6, 6.07) is 11.8. The van der Waals surface area contributed by atoms with Crippen molar-refractivity contribution in [2.24, 2.45) is 0 Å². The highest BCUT2D eigenvalue weighted by molar-refractivity contribution is 9.10. The molecule has 0 atom stereocenters. The van der Waals surface area contributed by atoms with Gasteiger partial charge in [-0.1, -0.05) is 28.1 Å². The summed E-state index contributed by atoms with van der Waals surface area (Å²) in [5.74, 6) is -0.380. The SMILES string of the molecule is COc1ccc(C2(C(=O)N(CCCc3cccc(Br)c3)Cc3nc(C(=O)O)c(C)s3)CC2)nc1. The lowest BCUT2D eigenvalue weighted by Gasteiger charge is -2.27. The number of carboxylic acid groups (broad SMARTS) is 1. The van der Waals surface area contributed by atoms with Crippen molar-refractivity contribution in [2.75, 3.05) is 13.7 Å². The number of benzene rings is 1. The summed E-state index contributed by atoms with van der Waals surface area (Å²) in [4.78, 5) is 36.5. The molecule has 34 heavy (non-hydrogen) atoms. The van der Waals surface area contributed by atoms with E-state index in [9.17, 15) is 14.7 Å². The lowest BCUT2D eigenvalue weighted by atomic mass is 9.99. The Morgan fingerprint density at radius 3 is 2.65 bits per heavy atom. The first-order valence-electron chi connectivity index (χ1n) is 11.1. The number of methoxy groups -OCH3 is 1. The average Bonchev–Trinajstić information content (AvgIpc) is 3.55. The van der Waals surface area contributed by atoms with Crippen LogP contribution in [0.15, 0.2) is 47.1 Å². The number of pyridine rings is 1. The molecule has 0 unspecified atom stereocenters.